The van der Waals surface area contributed by atoms with Crippen molar-refractivity contribution < 1.29 is 18.9 Å². The van der Waals surface area contributed by atoms with Gasteiger partial charge in [-0.2, -0.15) is 5.10 Å². The van der Waals surface area contributed by atoms with E-state index >= 15 is 0 Å². The maximum Gasteiger partial charge on any atom is 0.272 e. The van der Waals surface area contributed by atoms with Gasteiger partial charge in [0.05, 0.1) is 16.8 Å². The lowest BCUT2D eigenvalue weighted by atomic mass is 10.1. The van der Waals surface area contributed by atoms with E-state index in [1.54, 1.807) is 25.1 Å². The summed E-state index contributed by atoms with van der Waals surface area (Å²) < 4.78 is 13.5. The second-order valence-corrected chi connectivity index (χ2v) is 5.73. The van der Waals surface area contributed by atoms with Crippen molar-refractivity contribution in [3.63, 3.8) is 0 Å². The maximum absolute atomic E-state index is 13.5. The summed E-state index contributed by atoms with van der Waals surface area (Å²) in [5.41, 5.74) is 3.00. The monoisotopic (exact) mass is 372 g/mol. The molecule has 0 saturated carbocycles. The van der Waals surface area contributed by atoms with Gasteiger partial charge in [-0.15, -0.1) is 0 Å². The summed E-state index contributed by atoms with van der Waals surface area (Å²) in [5, 5.41) is 16.9. The van der Waals surface area contributed by atoms with Crippen LogP contribution in [-0.4, -0.2) is 23.0 Å². The van der Waals surface area contributed by atoms with Crippen LogP contribution < -0.4 is 10.7 Å². The number of carbonyl (C=O) groups is 2. The second kappa shape index (κ2) is 8.65. The number of hydrogen-bond donors (Lipinski definition) is 2. The highest BCUT2D eigenvalue weighted by Crippen LogP contribution is 2.18. The van der Waals surface area contributed by atoms with Crippen molar-refractivity contribution in [1.29, 1.82) is 0 Å². The van der Waals surface area contributed by atoms with Crippen LogP contribution in [0.1, 0.15) is 18.1 Å². The first-order valence-corrected chi connectivity index (χ1v) is 7.93. The van der Waals surface area contributed by atoms with Gasteiger partial charge in [0.1, 0.15) is 11.7 Å². The van der Waals surface area contributed by atoms with Crippen LogP contribution in [0.3, 0.4) is 0 Å². The van der Waals surface area contributed by atoms with Gasteiger partial charge in [0.2, 0.25) is 5.91 Å². The van der Waals surface area contributed by atoms with Crippen molar-refractivity contribution in [2.24, 2.45) is 11.0 Å². The summed E-state index contributed by atoms with van der Waals surface area (Å²) in [6.07, 6.45) is 1.23. The molecule has 140 valence electrons. The van der Waals surface area contributed by atoms with Gasteiger partial charge in [0.15, 0.2) is 0 Å². The van der Waals surface area contributed by atoms with E-state index in [1.165, 1.54) is 37.4 Å². The van der Waals surface area contributed by atoms with E-state index < -0.39 is 28.5 Å². The summed E-state index contributed by atoms with van der Waals surface area (Å²) in [6.45, 7) is 2.95. The van der Waals surface area contributed by atoms with Gasteiger partial charge < -0.3 is 5.32 Å². The smallest absolute Gasteiger partial charge is 0.272 e. The Morgan fingerprint density at radius 2 is 1.93 bits per heavy atom. The van der Waals surface area contributed by atoms with E-state index in [0.717, 1.165) is 0 Å². The molecular formula is C18H17FN4O4. The Morgan fingerprint density at radius 1 is 1.22 bits per heavy atom. The number of carbonyl (C=O) groups excluding carboxylic acids is 2. The van der Waals surface area contributed by atoms with Crippen LogP contribution >= 0.6 is 0 Å². The van der Waals surface area contributed by atoms with Crippen LogP contribution in [0.25, 0.3) is 0 Å². The van der Waals surface area contributed by atoms with Gasteiger partial charge in [-0.1, -0.05) is 24.3 Å². The van der Waals surface area contributed by atoms with E-state index in [0.29, 0.717) is 11.1 Å². The molecule has 0 heterocycles. The zero-order valence-corrected chi connectivity index (χ0v) is 14.6. The number of anilines is 1. The first kappa shape index (κ1) is 19.7. The lowest BCUT2D eigenvalue weighted by molar-refractivity contribution is -0.385. The van der Waals surface area contributed by atoms with E-state index in [4.69, 9.17) is 0 Å². The van der Waals surface area contributed by atoms with Crippen molar-refractivity contribution in [3.8, 4) is 0 Å². The Morgan fingerprint density at radius 3 is 2.59 bits per heavy atom. The van der Waals surface area contributed by atoms with Gasteiger partial charge in [0, 0.05) is 17.2 Å². The Balaban J connectivity index is 1.97. The number of aryl methyl sites for hydroxylation is 1. The molecule has 27 heavy (non-hydrogen) atoms. The highest BCUT2D eigenvalue weighted by molar-refractivity contribution is 6.06. The third-order valence-corrected chi connectivity index (χ3v) is 3.74. The highest BCUT2D eigenvalue weighted by Gasteiger charge is 2.22. The van der Waals surface area contributed by atoms with E-state index in [2.05, 4.69) is 15.8 Å². The molecule has 2 aromatic carbocycles. The topological polar surface area (TPSA) is 114 Å². The Kier molecular flexibility index (Phi) is 6.32. The standard InChI is InChI=1S/C18H17FN4O4/c1-11-7-8-13(9-16(11)23(26)27)10-20-22-18(25)12(2)17(24)21-15-6-4-3-5-14(15)19/h3-10,12H,1-2H3,(H,21,24)(H,22,25). The van der Waals surface area contributed by atoms with E-state index in [1.807, 2.05) is 0 Å². The summed E-state index contributed by atoms with van der Waals surface area (Å²) in [5.74, 6) is -3.15. The number of nitrogens with one attached hydrogen (secondary N) is 2. The predicted octanol–water partition coefficient (Wildman–Crippen LogP) is 2.77. The molecule has 1 unspecified atom stereocenters. The molecule has 8 nitrogen and oxygen atoms in total. The fourth-order valence-electron chi connectivity index (χ4n) is 2.09. The first-order chi connectivity index (χ1) is 12.8. The molecule has 0 aliphatic heterocycles. The van der Waals surface area contributed by atoms with Crippen LogP contribution in [0.15, 0.2) is 47.6 Å². The van der Waals surface area contributed by atoms with Crippen molar-refractivity contribution in [2.45, 2.75) is 13.8 Å². The molecule has 0 fully saturated rings. The van der Waals surface area contributed by atoms with Gasteiger partial charge in [0.25, 0.3) is 11.6 Å². The number of hydrazone groups is 1. The number of halogens is 1. The Hall–Kier alpha value is -3.62. The number of hydrogen-bond acceptors (Lipinski definition) is 5. The van der Waals surface area contributed by atoms with Crippen LogP contribution in [0.4, 0.5) is 15.8 Å². The molecule has 2 rings (SSSR count). The zero-order chi connectivity index (χ0) is 20.0. The quantitative estimate of drug-likeness (QED) is 0.351. The molecule has 2 amide bonds. The Bertz CT molecular complexity index is 914. The SMILES string of the molecule is Cc1ccc(C=NNC(=O)C(C)C(=O)Nc2ccccc2F)cc1[N+](=O)[O-]. The zero-order valence-electron chi connectivity index (χ0n) is 14.6. The van der Waals surface area contributed by atoms with Gasteiger partial charge >= 0.3 is 0 Å². The highest BCUT2D eigenvalue weighted by atomic mass is 19.1. The van der Waals surface area contributed by atoms with Crippen molar-refractivity contribution in [3.05, 3.63) is 69.5 Å². The minimum atomic E-state index is -1.13. The lowest BCUT2D eigenvalue weighted by Gasteiger charge is -2.11. The predicted molar refractivity (Wildman–Crippen MR) is 97.8 cm³/mol. The van der Waals surface area contributed by atoms with Crippen LogP contribution in [-0.2, 0) is 9.59 Å². The third kappa shape index (κ3) is 5.18. The average Bonchev–Trinajstić information content (AvgIpc) is 2.63. The van der Waals surface area contributed by atoms with Crippen molar-refractivity contribution in [2.75, 3.05) is 5.32 Å². The third-order valence-electron chi connectivity index (χ3n) is 3.74. The average molecular weight is 372 g/mol. The lowest BCUT2D eigenvalue weighted by Crippen LogP contribution is -2.34. The summed E-state index contributed by atoms with van der Waals surface area (Å²) in [7, 11) is 0. The number of amides is 2. The minimum absolute atomic E-state index is 0.0300. The number of benzene rings is 2. The molecular weight excluding hydrogens is 355 g/mol. The molecule has 0 aliphatic rings. The molecule has 0 radical (unpaired) electrons. The first-order valence-electron chi connectivity index (χ1n) is 7.93. The number of nitro benzene ring substituents is 1. The fourth-order valence-corrected chi connectivity index (χ4v) is 2.09. The number of para-hydroxylation sites is 1. The van der Waals surface area contributed by atoms with Crippen LogP contribution in [0.5, 0.6) is 0 Å². The maximum atomic E-state index is 13.5. The van der Waals surface area contributed by atoms with E-state index in [-0.39, 0.29) is 11.4 Å². The number of nitrogens with zero attached hydrogens (tertiary/aromatic N) is 2. The van der Waals surface area contributed by atoms with E-state index in [9.17, 15) is 24.1 Å². The van der Waals surface area contributed by atoms with Gasteiger partial charge in [-0.25, -0.2) is 9.82 Å². The molecule has 9 heteroatoms. The van der Waals surface area contributed by atoms with Gasteiger partial charge in [-0.05, 0) is 26.0 Å². The summed E-state index contributed by atoms with van der Waals surface area (Å²) >= 11 is 0. The van der Waals surface area contributed by atoms with Gasteiger partial charge in [-0.3, -0.25) is 19.7 Å². The second-order valence-electron chi connectivity index (χ2n) is 5.73. The summed E-state index contributed by atoms with van der Waals surface area (Å²) in [4.78, 5) is 34.4. The molecule has 0 spiro atoms. The molecule has 0 saturated heterocycles. The van der Waals surface area contributed by atoms with Crippen molar-refractivity contribution >= 4 is 29.4 Å². The molecule has 0 aliphatic carbocycles. The van der Waals surface area contributed by atoms with Crippen molar-refractivity contribution in [1.82, 2.24) is 5.43 Å². The molecule has 2 N–H and O–H groups in total. The minimum Gasteiger partial charge on any atom is -0.323 e. The van der Waals surface area contributed by atoms with Crippen LogP contribution in [0.2, 0.25) is 0 Å². The Labute approximate surface area is 154 Å². The molecule has 0 aromatic heterocycles. The van der Waals surface area contributed by atoms with Crippen LogP contribution in [0, 0.1) is 28.8 Å². The molecule has 1 atom stereocenters. The number of nitro groups is 1. The fraction of sp³-hybridized carbons (Fsp3) is 0.167. The summed E-state index contributed by atoms with van der Waals surface area (Å²) in [6, 6.07) is 10.1. The largest absolute Gasteiger partial charge is 0.323 e. The number of rotatable bonds is 6. The molecule has 2 aromatic rings. The molecule has 0 bridgehead atoms. The normalized spacial score (nSPS) is 11.8.